The summed E-state index contributed by atoms with van der Waals surface area (Å²) in [6, 6.07) is 2.68. The Morgan fingerprint density at radius 3 is 2.62 bits per heavy atom. The number of hydrogen-bond acceptors (Lipinski definition) is 3. The largest absolute Gasteiger partial charge is 0.298 e. The van der Waals surface area contributed by atoms with Crippen LogP contribution in [0.1, 0.15) is 15.9 Å². The average Bonchev–Trinajstić information content (AvgIpc) is 2.02. The fraction of sp³-hybridized carbons (Fsp3) is 0.125. The minimum Gasteiger partial charge on any atom is -0.298 e. The zero-order chi connectivity index (χ0) is 10.0. The van der Waals surface area contributed by atoms with E-state index in [1.54, 1.807) is 6.92 Å². The van der Waals surface area contributed by atoms with Crippen LogP contribution in [0.25, 0.3) is 0 Å². The van der Waals surface area contributed by atoms with E-state index in [4.69, 9.17) is 11.6 Å². The van der Waals surface area contributed by atoms with Gasteiger partial charge in [-0.25, -0.2) is 0 Å². The second-order valence-electron chi connectivity index (χ2n) is 2.53. The molecule has 0 bridgehead atoms. The summed E-state index contributed by atoms with van der Waals surface area (Å²) in [7, 11) is 0. The Hall–Kier alpha value is -1.42. The SMILES string of the molecule is Cc1cc(Cl)cc([N+](=O)[O-])c1C=O. The fourth-order valence-corrected chi connectivity index (χ4v) is 1.31. The topological polar surface area (TPSA) is 60.2 Å². The lowest BCUT2D eigenvalue weighted by Crippen LogP contribution is -1.96. The van der Waals surface area contributed by atoms with Crippen LogP contribution in [0.5, 0.6) is 0 Å². The van der Waals surface area contributed by atoms with Gasteiger partial charge in [0, 0.05) is 11.1 Å². The molecule has 5 heteroatoms. The molecule has 4 nitrogen and oxygen atoms in total. The molecule has 1 rings (SSSR count). The van der Waals surface area contributed by atoms with Crippen LogP contribution in [0.3, 0.4) is 0 Å². The van der Waals surface area contributed by atoms with E-state index in [1.807, 2.05) is 0 Å². The number of nitro groups is 1. The van der Waals surface area contributed by atoms with E-state index in [-0.39, 0.29) is 16.3 Å². The third-order valence-electron chi connectivity index (χ3n) is 1.64. The number of nitrogens with zero attached hydrogens (tertiary/aromatic N) is 1. The predicted molar refractivity (Wildman–Crippen MR) is 48.2 cm³/mol. The summed E-state index contributed by atoms with van der Waals surface area (Å²) >= 11 is 5.60. The van der Waals surface area contributed by atoms with E-state index in [9.17, 15) is 14.9 Å². The van der Waals surface area contributed by atoms with Crippen molar-refractivity contribution in [2.75, 3.05) is 0 Å². The van der Waals surface area contributed by atoms with Gasteiger partial charge in [0.2, 0.25) is 0 Å². The molecule has 0 aliphatic carbocycles. The fourth-order valence-electron chi connectivity index (χ4n) is 1.04. The highest BCUT2D eigenvalue weighted by molar-refractivity contribution is 6.31. The van der Waals surface area contributed by atoms with Crippen LogP contribution < -0.4 is 0 Å². The Labute approximate surface area is 79.3 Å². The van der Waals surface area contributed by atoms with Crippen molar-refractivity contribution >= 4 is 23.6 Å². The minimum absolute atomic E-state index is 0.0781. The van der Waals surface area contributed by atoms with Crippen molar-refractivity contribution in [3.63, 3.8) is 0 Å². The van der Waals surface area contributed by atoms with E-state index in [0.29, 0.717) is 11.8 Å². The number of nitro benzene ring substituents is 1. The molecule has 0 spiro atoms. The quantitative estimate of drug-likeness (QED) is 0.417. The normalized spacial score (nSPS) is 9.69. The lowest BCUT2D eigenvalue weighted by atomic mass is 10.1. The summed E-state index contributed by atoms with van der Waals surface area (Å²) in [5.74, 6) is 0. The van der Waals surface area contributed by atoms with Gasteiger partial charge in [-0.2, -0.15) is 0 Å². The number of aryl methyl sites for hydroxylation is 1. The predicted octanol–water partition coefficient (Wildman–Crippen LogP) is 2.37. The van der Waals surface area contributed by atoms with Crippen LogP contribution in [0.2, 0.25) is 5.02 Å². The molecule has 1 aromatic rings. The Morgan fingerprint density at radius 2 is 2.15 bits per heavy atom. The van der Waals surface area contributed by atoms with Gasteiger partial charge in [0.1, 0.15) is 0 Å². The van der Waals surface area contributed by atoms with Gasteiger partial charge in [0.25, 0.3) is 5.69 Å². The second-order valence-corrected chi connectivity index (χ2v) is 2.97. The Morgan fingerprint density at radius 1 is 1.54 bits per heavy atom. The maximum atomic E-state index is 10.5. The molecule has 0 radical (unpaired) electrons. The van der Waals surface area contributed by atoms with Gasteiger partial charge in [-0.15, -0.1) is 0 Å². The van der Waals surface area contributed by atoms with Crippen molar-refractivity contribution in [3.8, 4) is 0 Å². The van der Waals surface area contributed by atoms with Crippen molar-refractivity contribution in [2.45, 2.75) is 6.92 Å². The van der Waals surface area contributed by atoms with Crippen molar-refractivity contribution in [2.24, 2.45) is 0 Å². The molecule has 0 N–H and O–H groups in total. The zero-order valence-electron chi connectivity index (χ0n) is 6.78. The molecule has 0 unspecified atom stereocenters. The molecule has 0 saturated heterocycles. The van der Waals surface area contributed by atoms with E-state index >= 15 is 0 Å². The first-order chi connectivity index (χ1) is 6.06. The number of rotatable bonds is 2. The number of carbonyl (C=O) groups is 1. The Balaban J connectivity index is 3.46. The lowest BCUT2D eigenvalue weighted by Gasteiger charge is -2.00. The molecule has 0 fully saturated rings. The highest BCUT2D eigenvalue weighted by atomic mass is 35.5. The van der Waals surface area contributed by atoms with Crippen LogP contribution >= 0.6 is 11.6 Å². The summed E-state index contributed by atoms with van der Waals surface area (Å²) in [6.07, 6.45) is 0.462. The molecular weight excluding hydrogens is 194 g/mol. The molecule has 1 aromatic carbocycles. The van der Waals surface area contributed by atoms with Gasteiger partial charge < -0.3 is 0 Å². The Bertz CT molecular complexity index is 376. The van der Waals surface area contributed by atoms with E-state index < -0.39 is 4.92 Å². The number of benzene rings is 1. The van der Waals surface area contributed by atoms with Gasteiger partial charge >= 0.3 is 0 Å². The van der Waals surface area contributed by atoms with Crippen LogP contribution in [0.4, 0.5) is 5.69 Å². The number of carbonyl (C=O) groups excluding carboxylic acids is 1. The highest BCUT2D eigenvalue weighted by Crippen LogP contribution is 2.25. The molecule has 0 aliphatic rings. The van der Waals surface area contributed by atoms with Gasteiger partial charge in [-0.1, -0.05) is 11.6 Å². The molecule has 0 heterocycles. The molecule has 68 valence electrons. The van der Waals surface area contributed by atoms with Gasteiger partial charge in [-0.3, -0.25) is 14.9 Å². The van der Waals surface area contributed by atoms with E-state index in [2.05, 4.69) is 0 Å². The monoisotopic (exact) mass is 199 g/mol. The minimum atomic E-state index is -0.622. The molecule has 0 aromatic heterocycles. The summed E-state index contributed by atoms with van der Waals surface area (Å²) in [4.78, 5) is 20.4. The van der Waals surface area contributed by atoms with Crippen molar-refractivity contribution in [1.82, 2.24) is 0 Å². The number of hydrogen-bond donors (Lipinski definition) is 0. The lowest BCUT2D eigenvalue weighted by molar-refractivity contribution is -0.385. The molecule has 0 aliphatic heterocycles. The molecule has 0 atom stereocenters. The van der Waals surface area contributed by atoms with Crippen molar-refractivity contribution in [1.29, 1.82) is 0 Å². The maximum Gasteiger partial charge on any atom is 0.281 e. The maximum absolute atomic E-state index is 10.5. The molecule has 0 saturated carbocycles. The number of aldehydes is 1. The van der Waals surface area contributed by atoms with Crippen molar-refractivity contribution in [3.05, 3.63) is 38.4 Å². The smallest absolute Gasteiger partial charge is 0.281 e. The third-order valence-corrected chi connectivity index (χ3v) is 1.86. The second kappa shape index (κ2) is 3.53. The Kier molecular flexibility index (Phi) is 2.63. The summed E-state index contributed by atoms with van der Waals surface area (Å²) in [5, 5.41) is 10.7. The summed E-state index contributed by atoms with van der Waals surface area (Å²) in [6.45, 7) is 1.60. The van der Waals surface area contributed by atoms with E-state index in [0.717, 1.165) is 6.07 Å². The van der Waals surface area contributed by atoms with Gasteiger partial charge in [0.05, 0.1) is 10.5 Å². The highest BCUT2D eigenvalue weighted by Gasteiger charge is 2.16. The first kappa shape index (κ1) is 9.67. The summed E-state index contributed by atoms with van der Waals surface area (Å²) < 4.78 is 0. The standard InChI is InChI=1S/C8H6ClNO3/c1-5-2-6(9)3-8(10(12)13)7(5)4-11/h2-4H,1H3. The van der Waals surface area contributed by atoms with Crippen LogP contribution in [0, 0.1) is 17.0 Å². The van der Waals surface area contributed by atoms with E-state index in [1.165, 1.54) is 6.07 Å². The first-order valence-corrected chi connectivity index (χ1v) is 3.83. The third kappa shape index (κ3) is 1.84. The zero-order valence-corrected chi connectivity index (χ0v) is 7.54. The molecular formula is C8H6ClNO3. The van der Waals surface area contributed by atoms with Crippen LogP contribution in [0.15, 0.2) is 12.1 Å². The first-order valence-electron chi connectivity index (χ1n) is 3.46. The molecule has 13 heavy (non-hydrogen) atoms. The summed E-state index contributed by atoms with van der Waals surface area (Å²) in [5.41, 5.74) is 0.337. The number of halogens is 1. The van der Waals surface area contributed by atoms with Gasteiger partial charge in [-0.05, 0) is 18.6 Å². The van der Waals surface area contributed by atoms with Gasteiger partial charge in [0.15, 0.2) is 6.29 Å². The average molecular weight is 200 g/mol. The van der Waals surface area contributed by atoms with Crippen molar-refractivity contribution < 1.29 is 9.72 Å². The van der Waals surface area contributed by atoms with Crippen LogP contribution in [-0.2, 0) is 0 Å². The van der Waals surface area contributed by atoms with Crippen LogP contribution in [-0.4, -0.2) is 11.2 Å². The molecule has 0 amide bonds.